The van der Waals surface area contributed by atoms with Crippen molar-refractivity contribution in [3.8, 4) is 16.9 Å². The van der Waals surface area contributed by atoms with Gasteiger partial charge in [-0.2, -0.15) is 0 Å². The average Bonchev–Trinajstić information content (AvgIpc) is 2.72. The van der Waals surface area contributed by atoms with Gasteiger partial charge >= 0.3 is 192 Å². The minimum atomic E-state index is -2.05. The van der Waals surface area contributed by atoms with Crippen molar-refractivity contribution in [3.05, 3.63) is 85.0 Å². The van der Waals surface area contributed by atoms with E-state index in [2.05, 4.69) is 99.0 Å². The summed E-state index contributed by atoms with van der Waals surface area (Å²) >= 11 is -2.05. The standard InChI is InChI=1S/C26H24O.2ClH.Ru/c1-17(2)27(5)26-19(4)16-21-11-7-9-13-23(21)25(26)24-18(3)14-15-20-10-6-8-12-22(20)24;;;/h4,6-17H,5H2,1-3H3;2*1H;/q;;;+2/p-2. The summed E-state index contributed by atoms with van der Waals surface area (Å²) in [6.07, 6.45) is 0.138. The van der Waals surface area contributed by atoms with Gasteiger partial charge in [0.15, 0.2) is 0 Å². The fourth-order valence-corrected chi connectivity index (χ4v) is 5.75. The number of hydrogen-bond acceptors (Lipinski definition) is 0. The second-order valence-corrected chi connectivity index (χ2v) is 13.4. The third-order valence-corrected chi connectivity index (χ3v) is 7.27. The molecular weight excluding hydrogens is 500 g/mol. The normalized spacial score (nSPS) is 11.9. The molecule has 0 saturated heterocycles. The van der Waals surface area contributed by atoms with E-state index < -0.39 is 13.5 Å². The Morgan fingerprint density at radius 3 is 2.10 bits per heavy atom. The predicted molar refractivity (Wildman–Crippen MR) is 130 cm³/mol. The van der Waals surface area contributed by atoms with Gasteiger partial charge in [0, 0.05) is 0 Å². The van der Waals surface area contributed by atoms with Crippen LogP contribution in [-0.4, -0.2) is 10.7 Å². The molecule has 0 fully saturated rings. The van der Waals surface area contributed by atoms with Crippen molar-refractivity contribution in [2.24, 2.45) is 0 Å². The van der Waals surface area contributed by atoms with Crippen LogP contribution >= 0.6 is 19.4 Å². The fraction of sp³-hybridized carbons (Fsp3) is 0.154. The Bertz CT molecular complexity index is 1270. The second-order valence-electron chi connectivity index (χ2n) is 7.65. The zero-order valence-electron chi connectivity index (χ0n) is 17.2. The first kappa shape index (κ1) is 21.5. The Labute approximate surface area is 191 Å². The number of fused-ring (bicyclic) bond motifs is 2. The van der Waals surface area contributed by atoms with E-state index in [0.717, 1.165) is 22.3 Å². The van der Waals surface area contributed by atoms with Gasteiger partial charge in [0.05, 0.1) is 0 Å². The van der Waals surface area contributed by atoms with Gasteiger partial charge in [-0.1, -0.05) is 0 Å². The van der Waals surface area contributed by atoms with E-state index in [0.29, 0.717) is 0 Å². The van der Waals surface area contributed by atoms with Gasteiger partial charge in [-0.25, -0.2) is 0 Å². The molecule has 0 atom stereocenters. The summed E-state index contributed by atoms with van der Waals surface area (Å²) < 4.78 is 5.11. The van der Waals surface area contributed by atoms with Crippen LogP contribution in [0.25, 0.3) is 32.7 Å². The number of benzene rings is 4. The van der Waals surface area contributed by atoms with Crippen LogP contribution in [0.2, 0.25) is 0 Å². The molecule has 156 valence electrons. The molecule has 4 heteroatoms. The van der Waals surface area contributed by atoms with Gasteiger partial charge in [0.2, 0.25) is 0 Å². The number of hydrogen-bond donors (Lipinski definition) is 0. The van der Waals surface area contributed by atoms with E-state index in [-0.39, 0.29) is 6.10 Å². The summed E-state index contributed by atoms with van der Waals surface area (Å²) in [5.74, 6) is 1.00. The van der Waals surface area contributed by atoms with Crippen molar-refractivity contribution < 1.29 is 17.9 Å². The molecule has 0 aromatic heterocycles. The molecule has 0 aliphatic carbocycles. The Balaban J connectivity index is 2.26. The van der Waals surface area contributed by atoms with Crippen LogP contribution in [0.5, 0.6) is 5.75 Å². The van der Waals surface area contributed by atoms with E-state index in [1.165, 1.54) is 27.3 Å². The van der Waals surface area contributed by atoms with Crippen LogP contribution in [-0.2, 0) is 17.9 Å². The van der Waals surface area contributed by atoms with Gasteiger partial charge in [0.1, 0.15) is 0 Å². The van der Waals surface area contributed by atoms with Crippen molar-refractivity contribution in [3.63, 3.8) is 0 Å². The third-order valence-electron chi connectivity index (χ3n) is 5.44. The fourth-order valence-electron chi connectivity index (χ4n) is 3.99. The van der Waals surface area contributed by atoms with Crippen LogP contribution in [0.3, 0.4) is 0 Å². The second kappa shape index (κ2) is 8.79. The van der Waals surface area contributed by atoms with Crippen molar-refractivity contribution in [1.82, 2.24) is 0 Å². The first-order chi connectivity index (χ1) is 14.4. The van der Waals surface area contributed by atoms with Crippen LogP contribution in [0, 0.1) is 14.0 Å². The third kappa shape index (κ3) is 3.94. The van der Waals surface area contributed by atoms with Gasteiger partial charge in [-0.3, -0.25) is 0 Å². The number of rotatable bonds is 4. The summed E-state index contributed by atoms with van der Waals surface area (Å²) in [7, 11) is 17.0. The van der Waals surface area contributed by atoms with Crippen molar-refractivity contribution in [1.29, 1.82) is 0 Å². The maximum atomic E-state index is 6.35. The van der Waals surface area contributed by atoms with E-state index in [9.17, 15) is 0 Å². The number of halogens is 2. The number of aryl methyl sites for hydroxylation is 1. The quantitative estimate of drug-likeness (QED) is 0.143. The molecule has 0 aliphatic heterocycles. The summed E-state index contributed by atoms with van der Waals surface area (Å²) in [5, 5.41) is 4.80. The molecule has 1 nitrogen and oxygen atoms in total. The molecule has 0 radical (unpaired) electrons. The van der Waals surface area contributed by atoms with Crippen LogP contribution in [0.4, 0.5) is 0 Å². The van der Waals surface area contributed by atoms with Crippen molar-refractivity contribution in [2.75, 3.05) is 0 Å². The van der Waals surface area contributed by atoms with E-state index in [4.69, 9.17) is 19.4 Å². The molecule has 4 aromatic carbocycles. The molecule has 0 N–H and O–H groups in total. The molecule has 0 aliphatic rings. The zero-order valence-corrected chi connectivity index (χ0v) is 20.5. The summed E-state index contributed by atoms with van der Waals surface area (Å²) in [4.78, 5) is 0. The molecule has 0 unspecified atom stereocenters. The van der Waals surface area contributed by atoms with E-state index in [1.54, 1.807) is 0 Å². The Hall–Kier alpha value is -1.73. The SMILES string of the molecule is [CH2-][O+](c1c([CH]=[Ru]([Cl])[Cl])cc2ccccc2c1-c1c(C)ccc2ccccc12)C(C)C. The van der Waals surface area contributed by atoms with Gasteiger partial charge in [-0.05, 0) is 0 Å². The molecule has 0 spiro atoms. The van der Waals surface area contributed by atoms with Gasteiger partial charge < -0.3 is 0 Å². The molecule has 0 saturated carbocycles. The summed E-state index contributed by atoms with van der Waals surface area (Å²) in [6, 6.07) is 23.6. The maximum absolute atomic E-state index is 6.35. The molecule has 4 rings (SSSR count). The Kier molecular flexibility index (Phi) is 6.30. The van der Waals surface area contributed by atoms with E-state index >= 15 is 0 Å². The van der Waals surface area contributed by atoms with Gasteiger partial charge in [-0.15, -0.1) is 0 Å². The monoisotopic (exact) mass is 524 g/mol. The molecule has 4 aromatic rings. The van der Waals surface area contributed by atoms with Crippen molar-refractivity contribution in [2.45, 2.75) is 26.9 Å². The van der Waals surface area contributed by atoms with Crippen LogP contribution in [0.15, 0.2) is 66.7 Å². The molecule has 30 heavy (non-hydrogen) atoms. The molecule has 0 amide bonds. The average molecular weight is 524 g/mol. The molecule has 0 heterocycles. The van der Waals surface area contributed by atoms with Crippen LogP contribution < -0.4 is 0 Å². The molecule has 0 bridgehead atoms. The van der Waals surface area contributed by atoms with Crippen molar-refractivity contribution >= 4 is 45.5 Å². The summed E-state index contributed by atoms with van der Waals surface area (Å²) in [6.45, 7) is 6.41. The summed E-state index contributed by atoms with van der Waals surface area (Å²) in [5.41, 5.74) is 4.62. The Morgan fingerprint density at radius 1 is 0.867 bits per heavy atom. The predicted octanol–water partition coefficient (Wildman–Crippen LogP) is 8.51. The topological polar surface area (TPSA) is 2.70 Å². The van der Waals surface area contributed by atoms with E-state index in [1.807, 2.05) is 4.61 Å². The first-order valence-electron chi connectivity index (χ1n) is 9.79. The van der Waals surface area contributed by atoms with Crippen LogP contribution in [0.1, 0.15) is 25.0 Å². The van der Waals surface area contributed by atoms with Gasteiger partial charge in [0.25, 0.3) is 0 Å². The Morgan fingerprint density at radius 2 is 1.47 bits per heavy atom. The minimum absolute atomic E-state index is 0.138. The first-order valence-corrected chi connectivity index (χ1v) is 15.3. The molecular formula is C26H24Cl2ORu. The zero-order chi connectivity index (χ0) is 21.4.